The molecular formula is C31H36. The normalized spacial score (nSPS) is 19.6. The minimum Gasteiger partial charge on any atom is -0.0808 e. The van der Waals surface area contributed by atoms with Crippen molar-refractivity contribution in [2.75, 3.05) is 0 Å². The molecule has 0 heteroatoms. The van der Waals surface area contributed by atoms with Crippen LogP contribution in [0.25, 0.3) is 11.1 Å². The van der Waals surface area contributed by atoms with E-state index < -0.39 is 0 Å². The van der Waals surface area contributed by atoms with Crippen LogP contribution in [0.15, 0.2) is 103 Å². The Balaban J connectivity index is 0.000000645. The highest BCUT2D eigenvalue weighted by Gasteiger charge is 2.46. The second-order valence-corrected chi connectivity index (χ2v) is 7.91. The lowest BCUT2D eigenvalue weighted by atomic mass is 9.65. The molecule has 0 saturated heterocycles. The Morgan fingerprint density at radius 1 is 0.581 bits per heavy atom. The van der Waals surface area contributed by atoms with Gasteiger partial charge in [0, 0.05) is 0 Å². The Bertz CT molecular complexity index is 1010. The molecule has 0 spiro atoms. The average Bonchev–Trinajstić information content (AvgIpc) is 3.15. The Kier molecular flexibility index (Phi) is 7.33. The van der Waals surface area contributed by atoms with Gasteiger partial charge in [-0.15, -0.1) is 0 Å². The van der Waals surface area contributed by atoms with Gasteiger partial charge >= 0.3 is 0 Å². The van der Waals surface area contributed by atoms with Crippen molar-refractivity contribution >= 4 is 0 Å². The predicted molar refractivity (Wildman–Crippen MR) is 136 cm³/mol. The third-order valence-electron chi connectivity index (χ3n) is 6.44. The van der Waals surface area contributed by atoms with Crippen molar-refractivity contribution in [3.05, 3.63) is 119 Å². The SMILES string of the molecule is CC.CC.CC1C=CC(C2(c3ccccc3)c3ccccc3-c3ccccc32)=CC1C. The molecule has 0 N–H and O–H groups in total. The quantitative estimate of drug-likeness (QED) is 0.397. The summed E-state index contributed by atoms with van der Waals surface area (Å²) in [6.07, 6.45) is 7.25. The van der Waals surface area contributed by atoms with E-state index in [1.165, 1.54) is 33.4 Å². The number of benzene rings is 3. The summed E-state index contributed by atoms with van der Waals surface area (Å²) in [7, 11) is 0. The standard InChI is InChI=1S/C27H24.2C2H6/c1-19-16-17-22(18-20(19)2)27(21-10-4-3-5-11-21)25-14-8-6-12-23(25)24-13-7-9-15-26(24)27;2*1-2/h3-20H,1-2H3;2*1-2H3. The van der Waals surface area contributed by atoms with E-state index in [9.17, 15) is 0 Å². The average molecular weight is 409 g/mol. The molecule has 0 aliphatic heterocycles. The van der Waals surface area contributed by atoms with Crippen LogP contribution in [0.3, 0.4) is 0 Å². The van der Waals surface area contributed by atoms with Crippen LogP contribution in [0.2, 0.25) is 0 Å². The van der Waals surface area contributed by atoms with Gasteiger partial charge in [-0.05, 0) is 45.2 Å². The summed E-state index contributed by atoms with van der Waals surface area (Å²) in [5, 5.41) is 0. The lowest BCUT2D eigenvalue weighted by Gasteiger charge is -2.37. The predicted octanol–water partition coefficient (Wildman–Crippen LogP) is 8.82. The first-order valence-corrected chi connectivity index (χ1v) is 11.9. The maximum Gasteiger partial charge on any atom is 0.0710 e. The van der Waals surface area contributed by atoms with Gasteiger partial charge in [0.15, 0.2) is 0 Å². The Morgan fingerprint density at radius 3 is 1.58 bits per heavy atom. The number of hydrogen-bond acceptors (Lipinski definition) is 0. The molecule has 2 unspecified atom stereocenters. The van der Waals surface area contributed by atoms with E-state index in [1.54, 1.807) is 0 Å². The first-order chi connectivity index (χ1) is 15.2. The molecule has 2 aliphatic rings. The van der Waals surface area contributed by atoms with E-state index in [2.05, 4.69) is 111 Å². The molecule has 0 heterocycles. The molecule has 0 saturated carbocycles. The van der Waals surface area contributed by atoms with Gasteiger partial charge in [0.1, 0.15) is 0 Å². The van der Waals surface area contributed by atoms with Crippen LogP contribution < -0.4 is 0 Å². The van der Waals surface area contributed by atoms with Gasteiger partial charge in [0.2, 0.25) is 0 Å². The van der Waals surface area contributed by atoms with Gasteiger partial charge in [0.25, 0.3) is 0 Å². The van der Waals surface area contributed by atoms with Crippen molar-refractivity contribution < 1.29 is 0 Å². The molecule has 3 aromatic rings. The number of hydrogen-bond donors (Lipinski definition) is 0. The van der Waals surface area contributed by atoms with Crippen LogP contribution >= 0.6 is 0 Å². The van der Waals surface area contributed by atoms with Crippen molar-refractivity contribution in [2.45, 2.75) is 47.0 Å². The summed E-state index contributed by atoms with van der Waals surface area (Å²) in [5.41, 5.74) is 8.02. The van der Waals surface area contributed by atoms with Crippen molar-refractivity contribution in [2.24, 2.45) is 11.8 Å². The molecule has 0 radical (unpaired) electrons. The molecule has 0 aromatic heterocycles. The molecule has 2 atom stereocenters. The summed E-state index contributed by atoms with van der Waals surface area (Å²) in [4.78, 5) is 0. The molecule has 0 fully saturated rings. The third kappa shape index (κ3) is 3.69. The summed E-state index contributed by atoms with van der Waals surface area (Å²) >= 11 is 0. The molecule has 0 nitrogen and oxygen atoms in total. The van der Waals surface area contributed by atoms with Crippen LogP contribution in [0.4, 0.5) is 0 Å². The monoisotopic (exact) mass is 408 g/mol. The summed E-state index contributed by atoms with van der Waals surface area (Å²) < 4.78 is 0. The molecule has 0 bridgehead atoms. The van der Waals surface area contributed by atoms with E-state index in [-0.39, 0.29) is 5.41 Å². The molecule has 31 heavy (non-hydrogen) atoms. The van der Waals surface area contributed by atoms with Crippen molar-refractivity contribution in [3.8, 4) is 11.1 Å². The van der Waals surface area contributed by atoms with Crippen LogP contribution in [0, 0.1) is 11.8 Å². The molecule has 0 amide bonds. The number of rotatable bonds is 2. The van der Waals surface area contributed by atoms with E-state index in [4.69, 9.17) is 0 Å². The minimum absolute atomic E-state index is 0.237. The highest BCUT2D eigenvalue weighted by Crippen LogP contribution is 2.57. The Hall–Kier alpha value is -2.86. The zero-order valence-corrected chi connectivity index (χ0v) is 19.9. The third-order valence-corrected chi connectivity index (χ3v) is 6.44. The smallest absolute Gasteiger partial charge is 0.0710 e. The molecule has 160 valence electrons. The topological polar surface area (TPSA) is 0 Å². The molecule has 3 aromatic carbocycles. The van der Waals surface area contributed by atoms with Gasteiger partial charge in [-0.25, -0.2) is 0 Å². The fourth-order valence-corrected chi connectivity index (χ4v) is 4.88. The highest BCUT2D eigenvalue weighted by molar-refractivity contribution is 5.86. The first kappa shape index (κ1) is 22.8. The van der Waals surface area contributed by atoms with Crippen LogP contribution in [-0.2, 0) is 5.41 Å². The fourth-order valence-electron chi connectivity index (χ4n) is 4.88. The minimum atomic E-state index is -0.237. The number of allylic oxidation sites excluding steroid dienone is 4. The second-order valence-electron chi connectivity index (χ2n) is 7.91. The Morgan fingerprint density at radius 2 is 1.06 bits per heavy atom. The van der Waals surface area contributed by atoms with Gasteiger partial charge in [0.05, 0.1) is 5.41 Å². The van der Waals surface area contributed by atoms with Crippen molar-refractivity contribution in [1.29, 1.82) is 0 Å². The summed E-state index contributed by atoms with van der Waals surface area (Å²) in [6.45, 7) is 12.6. The van der Waals surface area contributed by atoms with Gasteiger partial charge in [-0.3, -0.25) is 0 Å². The van der Waals surface area contributed by atoms with E-state index in [0.29, 0.717) is 11.8 Å². The zero-order chi connectivity index (χ0) is 22.4. The van der Waals surface area contributed by atoms with Gasteiger partial charge in [-0.2, -0.15) is 0 Å². The van der Waals surface area contributed by atoms with Gasteiger partial charge < -0.3 is 0 Å². The zero-order valence-electron chi connectivity index (χ0n) is 19.9. The molecular weight excluding hydrogens is 372 g/mol. The van der Waals surface area contributed by atoms with E-state index in [0.717, 1.165) is 0 Å². The molecule has 5 rings (SSSR count). The summed E-state index contributed by atoms with van der Waals surface area (Å²) in [6, 6.07) is 28.9. The van der Waals surface area contributed by atoms with Gasteiger partial charge in [-0.1, -0.05) is 139 Å². The van der Waals surface area contributed by atoms with Crippen LogP contribution in [0.1, 0.15) is 58.2 Å². The fraction of sp³-hybridized carbons (Fsp3) is 0.290. The highest BCUT2D eigenvalue weighted by atomic mass is 14.5. The van der Waals surface area contributed by atoms with Crippen LogP contribution in [0.5, 0.6) is 0 Å². The largest absolute Gasteiger partial charge is 0.0808 e. The molecule has 2 aliphatic carbocycles. The maximum atomic E-state index is 2.50. The lowest BCUT2D eigenvalue weighted by molar-refractivity contribution is 0.538. The summed E-state index contributed by atoms with van der Waals surface area (Å²) in [5.74, 6) is 1.11. The van der Waals surface area contributed by atoms with E-state index in [1.807, 2.05) is 27.7 Å². The Labute approximate surface area is 189 Å². The maximum absolute atomic E-state index is 2.50. The van der Waals surface area contributed by atoms with Crippen molar-refractivity contribution in [1.82, 2.24) is 0 Å². The van der Waals surface area contributed by atoms with Crippen LogP contribution in [-0.4, -0.2) is 0 Å². The lowest BCUT2D eigenvalue weighted by Crippen LogP contribution is -2.30. The number of fused-ring (bicyclic) bond motifs is 3. The van der Waals surface area contributed by atoms with E-state index >= 15 is 0 Å². The van der Waals surface area contributed by atoms with Crippen molar-refractivity contribution in [3.63, 3.8) is 0 Å². The second kappa shape index (κ2) is 9.96. The first-order valence-electron chi connectivity index (χ1n) is 11.9.